The Hall–Kier alpha value is -1.49. The van der Waals surface area contributed by atoms with Gasteiger partial charge < -0.3 is 5.32 Å². The van der Waals surface area contributed by atoms with E-state index in [0.29, 0.717) is 23.4 Å². The second kappa shape index (κ2) is 5.61. The quantitative estimate of drug-likeness (QED) is 0.935. The highest BCUT2D eigenvalue weighted by atomic mass is 32.1. The number of nitrogens with one attached hydrogen (secondary N) is 1. The molecule has 4 rings (SSSR count). The van der Waals surface area contributed by atoms with Crippen LogP contribution < -0.4 is 5.32 Å². The molecule has 0 aromatic carbocycles. The number of fused-ring (bicyclic) bond motifs is 1. The van der Waals surface area contributed by atoms with Gasteiger partial charge in [0.15, 0.2) is 5.65 Å². The van der Waals surface area contributed by atoms with Crippen LogP contribution in [0.25, 0.3) is 10.3 Å². The van der Waals surface area contributed by atoms with E-state index >= 15 is 0 Å². The van der Waals surface area contributed by atoms with Crippen LogP contribution in [0.5, 0.6) is 0 Å². The number of pyridine rings is 1. The maximum Gasteiger partial charge on any atom is 0.253 e. The van der Waals surface area contributed by atoms with Crippen molar-refractivity contribution in [2.24, 2.45) is 5.92 Å². The molecule has 2 aromatic rings. The summed E-state index contributed by atoms with van der Waals surface area (Å²) in [6.07, 6.45) is 8.83. The van der Waals surface area contributed by atoms with Crippen molar-refractivity contribution >= 4 is 27.6 Å². The minimum atomic E-state index is 0.00914. The SMILES string of the molecule is C[C@@H]1CCC[C@@H](NC(=O)c2cnc3nc(C4CC4)sc3c2)C1. The predicted octanol–water partition coefficient (Wildman–Crippen LogP) is 3.88. The van der Waals surface area contributed by atoms with Crippen molar-refractivity contribution < 1.29 is 4.79 Å². The summed E-state index contributed by atoms with van der Waals surface area (Å²) in [6.45, 7) is 2.27. The van der Waals surface area contributed by atoms with Gasteiger partial charge in [-0.2, -0.15) is 0 Å². The van der Waals surface area contributed by atoms with Crippen LogP contribution in [0, 0.1) is 5.92 Å². The predicted molar refractivity (Wildman–Crippen MR) is 88.3 cm³/mol. The van der Waals surface area contributed by atoms with E-state index in [2.05, 4.69) is 22.2 Å². The van der Waals surface area contributed by atoms with Crippen LogP contribution in [0.4, 0.5) is 0 Å². The molecule has 1 amide bonds. The molecule has 2 aliphatic rings. The molecule has 2 aliphatic carbocycles. The third kappa shape index (κ3) is 2.86. The van der Waals surface area contributed by atoms with Gasteiger partial charge >= 0.3 is 0 Å². The average Bonchev–Trinajstić information content (AvgIpc) is 3.26. The molecular weight excluding hydrogens is 294 g/mol. The van der Waals surface area contributed by atoms with Gasteiger partial charge in [0.05, 0.1) is 15.3 Å². The first kappa shape index (κ1) is 14.1. The highest BCUT2D eigenvalue weighted by molar-refractivity contribution is 7.18. The van der Waals surface area contributed by atoms with Gasteiger partial charge in [0.2, 0.25) is 0 Å². The number of carbonyl (C=O) groups is 1. The lowest BCUT2D eigenvalue weighted by atomic mass is 9.87. The van der Waals surface area contributed by atoms with E-state index in [-0.39, 0.29) is 5.91 Å². The van der Waals surface area contributed by atoms with Crippen molar-refractivity contribution in [3.05, 3.63) is 22.8 Å². The zero-order chi connectivity index (χ0) is 15.1. The van der Waals surface area contributed by atoms with Gasteiger partial charge in [-0.05, 0) is 37.7 Å². The fraction of sp³-hybridized carbons (Fsp3) is 0.588. The molecule has 0 unspecified atom stereocenters. The molecule has 0 saturated heterocycles. The van der Waals surface area contributed by atoms with E-state index in [9.17, 15) is 4.79 Å². The summed E-state index contributed by atoms with van der Waals surface area (Å²) >= 11 is 1.69. The van der Waals surface area contributed by atoms with Crippen LogP contribution in [0.2, 0.25) is 0 Å². The van der Waals surface area contributed by atoms with Crippen molar-refractivity contribution in [3.63, 3.8) is 0 Å². The van der Waals surface area contributed by atoms with Gasteiger partial charge in [0.25, 0.3) is 5.91 Å². The van der Waals surface area contributed by atoms with E-state index in [4.69, 9.17) is 0 Å². The van der Waals surface area contributed by atoms with Crippen molar-refractivity contribution in [2.75, 3.05) is 0 Å². The van der Waals surface area contributed by atoms with Crippen LogP contribution in [0.3, 0.4) is 0 Å². The first-order valence-electron chi connectivity index (χ1n) is 8.26. The Morgan fingerprint density at radius 1 is 1.32 bits per heavy atom. The maximum absolute atomic E-state index is 12.4. The largest absolute Gasteiger partial charge is 0.349 e. The summed E-state index contributed by atoms with van der Waals surface area (Å²) in [5, 5.41) is 4.36. The standard InChI is InChI=1S/C17H21N3OS/c1-10-3-2-4-13(7-10)19-16(21)12-8-14-15(18-9-12)20-17(22-14)11-5-6-11/h8-11,13H,2-7H2,1H3,(H,19,21)/t10-,13-/m1/s1. The van der Waals surface area contributed by atoms with E-state index < -0.39 is 0 Å². The van der Waals surface area contributed by atoms with Crippen LogP contribution in [0.1, 0.15) is 66.7 Å². The zero-order valence-electron chi connectivity index (χ0n) is 12.8. The molecule has 0 aliphatic heterocycles. The Bertz CT molecular complexity index is 707. The molecule has 2 saturated carbocycles. The van der Waals surface area contributed by atoms with E-state index in [1.54, 1.807) is 17.5 Å². The van der Waals surface area contributed by atoms with Crippen molar-refractivity contribution in [1.82, 2.24) is 15.3 Å². The second-order valence-electron chi connectivity index (χ2n) is 6.81. The number of thiazole rings is 1. The summed E-state index contributed by atoms with van der Waals surface area (Å²) in [7, 11) is 0. The fourth-order valence-corrected chi connectivity index (χ4v) is 4.43. The molecule has 22 heavy (non-hydrogen) atoms. The monoisotopic (exact) mass is 315 g/mol. The molecule has 2 heterocycles. The number of amides is 1. The Morgan fingerprint density at radius 3 is 2.95 bits per heavy atom. The minimum absolute atomic E-state index is 0.00914. The molecule has 0 radical (unpaired) electrons. The number of carbonyl (C=O) groups excluding carboxylic acids is 1. The lowest BCUT2D eigenvalue weighted by Crippen LogP contribution is -2.38. The van der Waals surface area contributed by atoms with E-state index in [1.807, 2.05) is 6.07 Å². The summed E-state index contributed by atoms with van der Waals surface area (Å²) in [6, 6.07) is 2.27. The Balaban J connectivity index is 1.51. The van der Waals surface area contributed by atoms with Gasteiger partial charge in [-0.1, -0.05) is 19.8 Å². The van der Waals surface area contributed by atoms with E-state index in [1.165, 1.54) is 30.7 Å². The topological polar surface area (TPSA) is 54.9 Å². The lowest BCUT2D eigenvalue weighted by molar-refractivity contribution is 0.0921. The zero-order valence-corrected chi connectivity index (χ0v) is 13.7. The third-order valence-electron chi connectivity index (χ3n) is 4.72. The Kier molecular flexibility index (Phi) is 3.60. The molecule has 0 spiro atoms. The lowest BCUT2D eigenvalue weighted by Gasteiger charge is -2.27. The van der Waals surface area contributed by atoms with Gasteiger partial charge in [0, 0.05) is 18.2 Å². The highest BCUT2D eigenvalue weighted by Crippen LogP contribution is 2.43. The molecule has 2 atom stereocenters. The molecule has 0 bridgehead atoms. The summed E-state index contributed by atoms with van der Waals surface area (Å²) in [4.78, 5) is 21.4. The molecule has 1 N–H and O–H groups in total. The average molecular weight is 315 g/mol. The Labute approximate surface area is 134 Å². The second-order valence-corrected chi connectivity index (χ2v) is 7.88. The molecule has 116 valence electrons. The van der Waals surface area contributed by atoms with Crippen LogP contribution in [0.15, 0.2) is 12.3 Å². The normalized spacial score (nSPS) is 25.3. The number of aromatic nitrogens is 2. The molecule has 2 fully saturated rings. The summed E-state index contributed by atoms with van der Waals surface area (Å²) < 4.78 is 1.03. The van der Waals surface area contributed by atoms with E-state index in [0.717, 1.165) is 23.2 Å². The smallest absolute Gasteiger partial charge is 0.253 e. The van der Waals surface area contributed by atoms with Gasteiger partial charge in [-0.25, -0.2) is 9.97 Å². The summed E-state index contributed by atoms with van der Waals surface area (Å²) in [5.41, 5.74) is 1.45. The molecule has 2 aromatic heterocycles. The first-order valence-corrected chi connectivity index (χ1v) is 9.08. The van der Waals surface area contributed by atoms with Crippen LogP contribution in [-0.4, -0.2) is 21.9 Å². The van der Waals surface area contributed by atoms with Crippen molar-refractivity contribution in [2.45, 2.75) is 57.4 Å². The van der Waals surface area contributed by atoms with Crippen molar-refractivity contribution in [3.8, 4) is 0 Å². The summed E-state index contributed by atoms with van der Waals surface area (Å²) in [5.74, 6) is 1.36. The first-order chi connectivity index (χ1) is 10.7. The number of rotatable bonds is 3. The van der Waals surface area contributed by atoms with Gasteiger partial charge in [-0.15, -0.1) is 11.3 Å². The number of hydrogen-bond donors (Lipinski definition) is 1. The Morgan fingerprint density at radius 2 is 2.18 bits per heavy atom. The van der Waals surface area contributed by atoms with Gasteiger partial charge in [0.1, 0.15) is 0 Å². The van der Waals surface area contributed by atoms with Crippen LogP contribution >= 0.6 is 11.3 Å². The van der Waals surface area contributed by atoms with Gasteiger partial charge in [-0.3, -0.25) is 4.79 Å². The molecule has 5 heteroatoms. The van der Waals surface area contributed by atoms with Crippen molar-refractivity contribution in [1.29, 1.82) is 0 Å². The fourth-order valence-electron chi connectivity index (χ4n) is 3.30. The number of hydrogen-bond acceptors (Lipinski definition) is 4. The highest BCUT2D eigenvalue weighted by Gasteiger charge is 2.27. The minimum Gasteiger partial charge on any atom is -0.349 e. The van der Waals surface area contributed by atoms with Crippen LogP contribution in [-0.2, 0) is 0 Å². The molecular formula is C17H21N3OS. The number of nitrogens with zero attached hydrogens (tertiary/aromatic N) is 2. The third-order valence-corrected chi connectivity index (χ3v) is 5.88. The molecule has 4 nitrogen and oxygen atoms in total. The maximum atomic E-state index is 12.4.